The van der Waals surface area contributed by atoms with Gasteiger partial charge in [-0.25, -0.2) is 0 Å². The van der Waals surface area contributed by atoms with Gasteiger partial charge >= 0.3 is 0 Å². The Labute approximate surface area is 179 Å². The van der Waals surface area contributed by atoms with Gasteiger partial charge in [-0.05, 0) is 44.2 Å². The molecule has 0 bridgehead atoms. The lowest BCUT2D eigenvalue weighted by Gasteiger charge is -2.33. The molecule has 2 aliphatic rings. The molecule has 4 N–H and O–H groups in total. The van der Waals surface area contributed by atoms with E-state index < -0.39 is 0 Å². The van der Waals surface area contributed by atoms with Gasteiger partial charge in [-0.15, -0.1) is 24.8 Å². The van der Waals surface area contributed by atoms with Crippen LogP contribution in [0.4, 0.5) is 5.69 Å². The van der Waals surface area contributed by atoms with Gasteiger partial charge in [0, 0.05) is 36.8 Å². The Balaban J connectivity index is 0.00000196. The van der Waals surface area contributed by atoms with Crippen LogP contribution in [-0.4, -0.2) is 48.4 Å². The second-order valence-electron chi connectivity index (χ2n) is 7.60. The highest BCUT2D eigenvalue weighted by Gasteiger charge is 2.28. The summed E-state index contributed by atoms with van der Waals surface area (Å²) >= 11 is 0. The van der Waals surface area contributed by atoms with E-state index in [2.05, 4.69) is 15.5 Å². The lowest BCUT2D eigenvalue weighted by atomic mass is 9.85. The zero-order valence-electron chi connectivity index (χ0n) is 16.1. The molecule has 0 aromatic heterocycles. The molecule has 158 valence electrons. The molecule has 1 saturated carbocycles. The van der Waals surface area contributed by atoms with Gasteiger partial charge in [-0.1, -0.05) is 24.6 Å². The van der Waals surface area contributed by atoms with Crippen LogP contribution in [0.1, 0.15) is 38.5 Å². The third kappa shape index (κ3) is 7.59. The third-order valence-electron chi connectivity index (χ3n) is 5.44. The van der Waals surface area contributed by atoms with Gasteiger partial charge in [0.2, 0.25) is 11.8 Å². The molecule has 3 rings (SSSR count). The second kappa shape index (κ2) is 12.3. The second-order valence-corrected chi connectivity index (χ2v) is 7.60. The molecule has 28 heavy (non-hydrogen) atoms. The molecule has 1 aliphatic carbocycles. The van der Waals surface area contributed by atoms with Crippen molar-refractivity contribution in [2.45, 2.75) is 50.6 Å². The van der Waals surface area contributed by atoms with E-state index in [-0.39, 0.29) is 54.6 Å². The Morgan fingerprint density at radius 1 is 1.04 bits per heavy atom. The highest BCUT2D eigenvalue weighted by Crippen LogP contribution is 2.24. The number of nitrogens with one attached hydrogen (secondary N) is 2. The van der Waals surface area contributed by atoms with Crippen molar-refractivity contribution >= 4 is 42.3 Å². The van der Waals surface area contributed by atoms with E-state index in [0.717, 1.165) is 57.3 Å². The Morgan fingerprint density at radius 2 is 1.71 bits per heavy atom. The number of piperidine rings is 1. The molecule has 2 fully saturated rings. The fourth-order valence-corrected chi connectivity index (χ4v) is 3.95. The zero-order chi connectivity index (χ0) is 18.4. The fraction of sp³-hybridized carbons (Fsp3) is 0.600. The summed E-state index contributed by atoms with van der Waals surface area (Å²) in [5.41, 5.74) is 6.82. The average Bonchev–Trinajstić information content (AvgIpc) is 2.64. The van der Waals surface area contributed by atoms with Gasteiger partial charge in [-0.2, -0.15) is 0 Å². The highest BCUT2D eigenvalue weighted by atomic mass is 35.5. The number of amides is 2. The summed E-state index contributed by atoms with van der Waals surface area (Å²) in [6.07, 6.45) is 5.63. The first-order valence-corrected chi connectivity index (χ1v) is 9.73. The summed E-state index contributed by atoms with van der Waals surface area (Å²) in [4.78, 5) is 26.7. The summed E-state index contributed by atoms with van der Waals surface area (Å²) < 4.78 is 0. The molecular formula is C20H32Cl2N4O2. The summed E-state index contributed by atoms with van der Waals surface area (Å²) in [5, 5.41) is 6.12. The number of rotatable bonds is 5. The molecule has 8 heteroatoms. The van der Waals surface area contributed by atoms with Crippen molar-refractivity contribution in [1.82, 2.24) is 10.2 Å². The molecule has 0 spiro atoms. The van der Waals surface area contributed by atoms with E-state index in [4.69, 9.17) is 5.73 Å². The Morgan fingerprint density at radius 3 is 2.36 bits per heavy atom. The van der Waals surface area contributed by atoms with Crippen LogP contribution in [0.5, 0.6) is 0 Å². The summed E-state index contributed by atoms with van der Waals surface area (Å²) in [7, 11) is 0. The van der Waals surface area contributed by atoms with Crippen LogP contribution in [0.2, 0.25) is 0 Å². The summed E-state index contributed by atoms with van der Waals surface area (Å²) in [6.45, 7) is 2.06. The maximum Gasteiger partial charge on any atom is 0.238 e. The molecule has 2 atom stereocenters. The van der Waals surface area contributed by atoms with E-state index in [9.17, 15) is 9.59 Å². The quantitative estimate of drug-likeness (QED) is 0.669. The maximum absolute atomic E-state index is 12.4. The van der Waals surface area contributed by atoms with Crippen LogP contribution >= 0.6 is 24.8 Å². The molecule has 2 unspecified atom stereocenters. The van der Waals surface area contributed by atoms with Gasteiger partial charge in [-0.3, -0.25) is 14.5 Å². The first kappa shape index (κ1) is 24.7. The molecule has 1 aromatic rings. The van der Waals surface area contributed by atoms with E-state index >= 15 is 0 Å². The number of hydrogen-bond donors (Lipinski definition) is 3. The Kier molecular flexibility index (Phi) is 10.8. The topological polar surface area (TPSA) is 87.5 Å². The van der Waals surface area contributed by atoms with Gasteiger partial charge in [0.1, 0.15) is 0 Å². The minimum atomic E-state index is 0. The van der Waals surface area contributed by atoms with Crippen molar-refractivity contribution in [3.8, 4) is 0 Å². The largest absolute Gasteiger partial charge is 0.353 e. The minimum Gasteiger partial charge on any atom is -0.353 e. The van der Waals surface area contributed by atoms with Crippen LogP contribution in [-0.2, 0) is 9.59 Å². The number of carbonyl (C=O) groups is 2. The Bertz CT molecular complexity index is 609. The molecular weight excluding hydrogens is 399 g/mol. The molecule has 1 heterocycles. The van der Waals surface area contributed by atoms with E-state index in [1.807, 2.05) is 30.3 Å². The normalized spacial score (nSPS) is 23.0. The SMILES string of the molecule is Cl.Cl.NC1CCCC(C(=O)NC2CCN(CC(=O)Nc3ccccc3)CC2)C1. The fourth-order valence-electron chi connectivity index (χ4n) is 3.95. The van der Waals surface area contributed by atoms with Gasteiger partial charge in [0.25, 0.3) is 0 Å². The number of nitrogens with two attached hydrogens (primary N) is 1. The number of likely N-dealkylation sites (tertiary alicyclic amines) is 1. The summed E-state index contributed by atoms with van der Waals surface area (Å²) in [5.74, 6) is 0.253. The molecule has 1 aliphatic heterocycles. The minimum absolute atomic E-state index is 0. The van der Waals surface area contributed by atoms with Crippen molar-refractivity contribution in [1.29, 1.82) is 0 Å². The monoisotopic (exact) mass is 430 g/mol. The van der Waals surface area contributed by atoms with Crippen molar-refractivity contribution in [3.63, 3.8) is 0 Å². The van der Waals surface area contributed by atoms with Crippen LogP contribution in [0.25, 0.3) is 0 Å². The van der Waals surface area contributed by atoms with Gasteiger partial charge < -0.3 is 16.4 Å². The number of halogens is 2. The smallest absolute Gasteiger partial charge is 0.238 e. The molecule has 6 nitrogen and oxygen atoms in total. The number of para-hydroxylation sites is 1. The number of hydrogen-bond acceptors (Lipinski definition) is 4. The number of anilines is 1. The lowest BCUT2D eigenvalue weighted by Crippen LogP contribution is -2.48. The van der Waals surface area contributed by atoms with Gasteiger partial charge in [0.15, 0.2) is 0 Å². The van der Waals surface area contributed by atoms with Crippen molar-refractivity contribution in [2.75, 3.05) is 25.0 Å². The standard InChI is InChI=1S/C20H30N4O2.2ClH/c21-16-6-4-5-15(13-16)20(26)23-18-9-11-24(12-10-18)14-19(25)22-17-7-2-1-3-8-17;;/h1-3,7-8,15-16,18H,4-6,9-14,21H2,(H,22,25)(H,23,26);2*1H. The highest BCUT2D eigenvalue weighted by molar-refractivity contribution is 5.92. The molecule has 1 aromatic carbocycles. The predicted molar refractivity (Wildman–Crippen MR) is 117 cm³/mol. The molecule has 1 saturated heterocycles. The zero-order valence-corrected chi connectivity index (χ0v) is 17.8. The van der Waals surface area contributed by atoms with Crippen LogP contribution in [0.3, 0.4) is 0 Å². The lowest BCUT2D eigenvalue weighted by molar-refractivity contribution is -0.127. The molecule has 2 amide bonds. The summed E-state index contributed by atoms with van der Waals surface area (Å²) in [6, 6.07) is 9.90. The number of carbonyl (C=O) groups excluding carboxylic acids is 2. The van der Waals surface area contributed by atoms with Crippen LogP contribution in [0.15, 0.2) is 30.3 Å². The van der Waals surface area contributed by atoms with Crippen LogP contribution in [0, 0.1) is 5.92 Å². The first-order chi connectivity index (χ1) is 12.6. The Hall–Kier alpha value is -1.34. The van der Waals surface area contributed by atoms with Crippen molar-refractivity contribution in [3.05, 3.63) is 30.3 Å². The average molecular weight is 431 g/mol. The van der Waals surface area contributed by atoms with E-state index in [0.29, 0.717) is 6.54 Å². The number of nitrogens with zero attached hydrogens (tertiary/aromatic N) is 1. The number of benzene rings is 1. The van der Waals surface area contributed by atoms with Crippen molar-refractivity contribution in [2.24, 2.45) is 11.7 Å². The van der Waals surface area contributed by atoms with E-state index in [1.165, 1.54) is 0 Å². The predicted octanol–water partition coefficient (Wildman–Crippen LogP) is 2.57. The van der Waals surface area contributed by atoms with Crippen molar-refractivity contribution < 1.29 is 9.59 Å². The molecule has 0 radical (unpaired) electrons. The first-order valence-electron chi connectivity index (χ1n) is 9.73. The van der Waals surface area contributed by atoms with Gasteiger partial charge in [0.05, 0.1) is 6.54 Å². The maximum atomic E-state index is 12.4. The third-order valence-corrected chi connectivity index (χ3v) is 5.44. The van der Waals surface area contributed by atoms with E-state index in [1.54, 1.807) is 0 Å². The van der Waals surface area contributed by atoms with Crippen LogP contribution < -0.4 is 16.4 Å².